The smallest absolute Gasteiger partial charge is 0.108 e. The molecule has 0 aromatic carbocycles. The van der Waals surface area contributed by atoms with Gasteiger partial charge in [0.15, 0.2) is 0 Å². The Balaban J connectivity index is 2.07. The maximum Gasteiger partial charge on any atom is 0.108 e. The first-order valence-corrected chi connectivity index (χ1v) is 4.67. The summed E-state index contributed by atoms with van der Waals surface area (Å²) >= 11 is 0. The van der Waals surface area contributed by atoms with Crippen LogP contribution in [0.2, 0.25) is 0 Å². The Morgan fingerprint density at radius 3 is 3.29 bits per heavy atom. The van der Waals surface area contributed by atoms with Crippen LogP contribution in [0, 0.1) is 5.92 Å². The van der Waals surface area contributed by atoms with Crippen LogP contribution in [0.1, 0.15) is 11.7 Å². The molecule has 74 valence electrons. The molecule has 2 rings (SSSR count). The molecule has 1 aliphatic rings. The van der Waals surface area contributed by atoms with Gasteiger partial charge in [-0.1, -0.05) is 5.11 Å². The minimum atomic E-state index is 0.343. The summed E-state index contributed by atoms with van der Waals surface area (Å²) in [7, 11) is 0. The van der Waals surface area contributed by atoms with E-state index in [9.17, 15) is 0 Å². The Morgan fingerprint density at radius 1 is 1.64 bits per heavy atom. The summed E-state index contributed by atoms with van der Waals surface area (Å²) in [5.74, 6) is 1.68. The summed E-state index contributed by atoms with van der Waals surface area (Å²) in [5.41, 5.74) is 8.26. The van der Waals surface area contributed by atoms with Gasteiger partial charge in [0.1, 0.15) is 5.76 Å². The summed E-state index contributed by atoms with van der Waals surface area (Å²) in [5, 5.41) is 6.89. The lowest BCUT2D eigenvalue weighted by atomic mass is 9.94. The average molecular weight is 192 g/mol. The van der Waals surface area contributed by atoms with E-state index in [2.05, 4.69) is 15.3 Å². The van der Waals surface area contributed by atoms with Crippen molar-refractivity contribution >= 4 is 0 Å². The van der Waals surface area contributed by atoms with Crippen LogP contribution in [-0.2, 0) is 0 Å². The number of furan rings is 1. The fourth-order valence-corrected chi connectivity index (χ4v) is 1.90. The molecule has 0 spiro atoms. The number of rotatable bonds is 3. The van der Waals surface area contributed by atoms with Crippen molar-refractivity contribution in [2.24, 2.45) is 11.0 Å². The largest absolute Gasteiger partial charge is 0.469 e. The lowest BCUT2D eigenvalue weighted by molar-refractivity contribution is 0.419. The SMILES string of the molecule is [N-]=[N+]=NCC1CNCC1c1ccco1. The molecule has 1 aromatic rings. The second-order valence-corrected chi connectivity index (χ2v) is 3.45. The van der Waals surface area contributed by atoms with E-state index in [-0.39, 0.29) is 0 Å². The van der Waals surface area contributed by atoms with Gasteiger partial charge in [-0.3, -0.25) is 0 Å². The standard InChI is InChI=1S/C9H12N4O/c10-13-12-5-7-4-11-6-8(7)9-2-1-3-14-9/h1-3,7-8,11H,4-6H2. The van der Waals surface area contributed by atoms with Gasteiger partial charge in [0.25, 0.3) is 0 Å². The predicted molar refractivity (Wildman–Crippen MR) is 51.8 cm³/mol. The molecular weight excluding hydrogens is 180 g/mol. The van der Waals surface area contributed by atoms with Crippen molar-refractivity contribution in [2.75, 3.05) is 19.6 Å². The lowest BCUT2D eigenvalue weighted by Crippen LogP contribution is -2.13. The molecule has 1 saturated heterocycles. The predicted octanol–water partition coefficient (Wildman–Crippen LogP) is 1.89. The zero-order valence-electron chi connectivity index (χ0n) is 7.76. The van der Waals surface area contributed by atoms with Gasteiger partial charge in [-0.05, 0) is 30.1 Å². The second kappa shape index (κ2) is 4.17. The highest BCUT2D eigenvalue weighted by Gasteiger charge is 2.29. The number of nitrogens with one attached hydrogen (secondary N) is 1. The minimum Gasteiger partial charge on any atom is -0.469 e. The minimum absolute atomic E-state index is 0.343. The van der Waals surface area contributed by atoms with E-state index in [1.54, 1.807) is 6.26 Å². The molecule has 2 atom stereocenters. The fourth-order valence-electron chi connectivity index (χ4n) is 1.90. The van der Waals surface area contributed by atoms with Crippen molar-refractivity contribution in [1.29, 1.82) is 0 Å². The third-order valence-electron chi connectivity index (χ3n) is 2.63. The molecular formula is C9H12N4O. The molecule has 0 radical (unpaired) electrons. The first-order valence-electron chi connectivity index (χ1n) is 4.67. The van der Waals surface area contributed by atoms with Gasteiger partial charge in [-0.15, -0.1) is 0 Å². The summed E-state index contributed by atoms with van der Waals surface area (Å²) in [4.78, 5) is 2.78. The maximum atomic E-state index is 8.26. The second-order valence-electron chi connectivity index (χ2n) is 3.45. The maximum absolute atomic E-state index is 8.26. The Labute approximate surface area is 81.7 Å². The van der Waals surface area contributed by atoms with Gasteiger partial charge in [0.2, 0.25) is 0 Å². The van der Waals surface area contributed by atoms with Crippen molar-refractivity contribution in [1.82, 2.24) is 5.32 Å². The van der Waals surface area contributed by atoms with E-state index in [1.165, 1.54) is 0 Å². The van der Waals surface area contributed by atoms with Crippen LogP contribution < -0.4 is 5.32 Å². The molecule has 1 aromatic heterocycles. The average Bonchev–Trinajstić information content (AvgIpc) is 2.84. The highest BCUT2D eigenvalue weighted by molar-refractivity contribution is 5.10. The molecule has 0 aliphatic carbocycles. The molecule has 5 nitrogen and oxygen atoms in total. The van der Waals surface area contributed by atoms with E-state index in [4.69, 9.17) is 9.95 Å². The van der Waals surface area contributed by atoms with Crippen LogP contribution in [0.3, 0.4) is 0 Å². The van der Waals surface area contributed by atoms with Crippen molar-refractivity contribution in [3.63, 3.8) is 0 Å². The third-order valence-corrected chi connectivity index (χ3v) is 2.63. The molecule has 0 saturated carbocycles. The molecule has 2 unspecified atom stereocenters. The Morgan fingerprint density at radius 2 is 2.57 bits per heavy atom. The Kier molecular flexibility index (Phi) is 2.72. The summed E-state index contributed by atoms with van der Waals surface area (Å²) < 4.78 is 5.35. The van der Waals surface area contributed by atoms with Gasteiger partial charge in [-0.25, -0.2) is 0 Å². The molecule has 1 N–H and O–H groups in total. The summed E-state index contributed by atoms with van der Waals surface area (Å²) in [6.45, 7) is 2.33. The number of nitrogens with zero attached hydrogens (tertiary/aromatic N) is 3. The Hall–Kier alpha value is -1.45. The van der Waals surface area contributed by atoms with Crippen molar-refractivity contribution in [2.45, 2.75) is 5.92 Å². The molecule has 14 heavy (non-hydrogen) atoms. The highest BCUT2D eigenvalue weighted by Crippen LogP contribution is 2.28. The number of azide groups is 1. The molecule has 1 fully saturated rings. The topological polar surface area (TPSA) is 73.9 Å². The van der Waals surface area contributed by atoms with Crippen LogP contribution in [0.15, 0.2) is 27.9 Å². The number of hydrogen-bond donors (Lipinski definition) is 1. The Bertz CT molecular complexity index is 329. The van der Waals surface area contributed by atoms with Gasteiger partial charge in [0, 0.05) is 23.9 Å². The summed E-state index contributed by atoms with van der Waals surface area (Å²) in [6, 6.07) is 3.86. The zero-order chi connectivity index (χ0) is 9.80. The van der Waals surface area contributed by atoms with Crippen LogP contribution >= 0.6 is 0 Å². The molecule has 2 heterocycles. The molecule has 1 aliphatic heterocycles. The molecule has 5 heteroatoms. The molecule has 0 bridgehead atoms. The lowest BCUT2D eigenvalue weighted by Gasteiger charge is -2.13. The van der Waals surface area contributed by atoms with E-state index in [0.717, 1.165) is 18.8 Å². The van der Waals surface area contributed by atoms with Crippen LogP contribution in [0.25, 0.3) is 10.4 Å². The van der Waals surface area contributed by atoms with E-state index >= 15 is 0 Å². The quantitative estimate of drug-likeness (QED) is 0.451. The molecule has 0 amide bonds. The van der Waals surface area contributed by atoms with Crippen LogP contribution in [0.5, 0.6) is 0 Å². The number of hydrogen-bond acceptors (Lipinski definition) is 3. The van der Waals surface area contributed by atoms with Gasteiger partial charge in [-0.2, -0.15) is 0 Å². The zero-order valence-corrected chi connectivity index (χ0v) is 7.76. The van der Waals surface area contributed by atoms with E-state index in [1.807, 2.05) is 12.1 Å². The van der Waals surface area contributed by atoms with Gasteiger partial charge >= 0.3 is 0 Å². The van der Waals surface area contributed by atoms with E-state index < -0.39 is 0 Å². The van der Waals surface area contributed by atoms with Gasteiger partial charge < -0.3 is 9.73 Å². The van der Waals surface area contributed by atoms with Crippen molar-refractivity contribution in [3.05, 3.63) is 34.6 Å². The highest BCUT2D eigenvalue weighted by atomic mass is 16.3. The monoisotopic (exact) mass is 192 g/mol. The normalized spacial score (nSPS) is 26.0. The van der Waals surface area contributed by atoms with Gasteiger partial charge in [0.05, 0.1) is 6.26 Å². The van der Waals surface area contributed by atoms with Crippen LogP contribution in [0.4, 0.5) is 0 Å². The van der Waals surface area contributed by atoms with Crippen molar-refractivity contribution < 1.29 is 4.42 Å². The fraction of sp³-hybridized carbons (Fsp3) is 0.556. The summed E-state index contributed by atoms with van der Waals surface area (Å²) in [6.07, 6.45) is 1.68. The van der Waals surface area contributed by atoms with Crippen LogP contribution in [-0.4, -0.2) is 19.6 Å². The third kappa shape index (κ3) is 1.73. The van der Waals surface area contributed by atoms with E-state index in [0.29, 0.717) is 18.4 Å². The first kappa shape index (κ1) is 9.12. The first-order chi connectivity index (χ1) is 6.92. The van der Waals surface area contributed by atoms with Crippen molar-refractivity contribution in [3.8, 4) is 0 Å².